The van der Waals surface area contributed by atoms with Gasteiger partial charge in [0.15, 0.2) is 5.65 Å². The van der Waals surface area contributed by atoms with Crippen LogP contribution < -0.4 is 5.32 Å². The number of fused-ring (bicyclic) bond motifs is 1. The molecule has 17 heavy (non-hydrogen) atoms. The van der Waals surface area contributed by atoms with E-state index in [9.17, 15) is 0 Å². The number of rotatable bonds is 5. The minimum absolute atomic E-state index is 0.299. The van der Waals surface area contributed by atoms with Crippen molar-refractivity contribution in [2.24, 2.45) is 0 Å². The highest BCUT2D eigenvalue weighted by molar-refractivity contribution is 5.44. The molecule has 2 aromatic heterocycles. The van der Waals surface area contributed by atoms with Gasteiger partial charge in [-0.1, -0.05) is 6.07 Å². The molecule has 2 heterocycles. The predicted molar refractivity (Wildman–Crippen MR) is 67.3 cm³/mol. The topological polar surface area (TPSA) is 51.5 Å². The summed E-state index contributed by atoms with van der Waals surface area (Å²) >= 11 is 0. The van der Waals surface area contributed by atoms with Gasteiger partial charge in [-0.25, -0.2) is 4.52 Å². The first kappa shape index (κ1) is 11.9. The maximum absolute atomic E-state index is 5.04. The third kappa shape index (κ3) is 2.94. The lowest BCUT2D eigenvalue weighted by Crippen LogP contribution is -2.18. The lowest BCUT2D eigenvalue weighted by atomic mass is 10.2. The molecule has 2 aromatic rings. The van der Waals surface area contributed by atoms with Crippen molar-refractivity contribution >= 4 is 11.6 Å². The average Bonchev–Trinajstić information content (AvgIpc) is 2.67. The van der Waals surface area contributed by atoms with Gasteiger partial charge in [0.05, 0.1) is 0 Å². The predicted octanol–water partition coefficient (Wildman–Crippen LogP) is 1.87. The monoisotopic (exact) mass is 234 g/mol. The van der Waals surface area contributed by atoms with Crippen LogP contribution in [0.25, 0.3) is 5.65 Å². The summed E-state index contributed by atoms with van der Waals surface area (Å²) in [4.78, 5) is 4.40. The molecule has 0 aliphatic heterocycles. The number of nitrogens with one attached hydrogen (secondary N) is 1. The number of pyridine rings is 1. The van der Waals surface area contributed by atoms with Gasteiger partial charge in [0.1, 0.15) is 0 Å². The van der Waals surface area contributed by atoms with Gasteiger partial charge in [0.25, 0.3) is 0 Å². The van der Waals surface area contributed by atoms with Crippen molar-refractivity contribution in [1.29, 1.82) is 0 Å². The van der Waals surface area contributed by atoms with Gasteiger partial charge < -0.3 is 10.1 Å². The molecule has 2 rings (SSSR count). The van der Waals surface area contributed by atoms with Crippen molar-refractivity contribution in [2.45, 2.75) is 26.3 Å². The molecule has 92 valence electrons. The Morgan fingerprint density at radius 3 is 3.06 bits per heavy atom. The van der Waals surface area contributed by atoms with Crippen molar-refractivity contribution < 1.29 is 4.74 Å². The SMILES string of the molecule is COCCC(C)Nc1nc2ccc(C)cn2n1. The Kier molecular flexibility index (Phi) is 3.58. The maximum atomic E-state index is 5.04. The van der Waals surface area contributed by atoms with Gasteiger partial charge >= 0.3 is 0 Å². The summed E-state index contributed by atoms with van der Waals surface area (Å²) in [6.45, 7) is 4.87. The van der Waals surface area contributed by atoms with Crippen LogP contribution in [0.2, 0.25) is 0 Å². The Hall–Kier alpha value is -1.62. The second-order valence-electron chi connectivity index (χ2n) is 4.27. The maximum Gasteiger partial charge on any atom is 0.243 e. The first-order valence-electron chi connectivity index (χ1n) is 5.77. The molecule has 5 heteroatoms. The molecule has 0 radical (unpaired) electrons. The van der Waals surface area contributed by atoms with Gasteiger partial charge in [-0.15, -0.1) is 5.10 Å². The van der Waals surface area contributed by atoms with Gasteiger partial charge in [-0.2, -0.15) is 4.98 Å². The van der Waals surface area contributed by atoms with E-state index in [0.29, 0.717) is 12.0 Å². The summed E-state index contributed by atoms with van der Waals surface area (Å²) in [5, 5.41) is 7.64. The van der Waals surface area contributed by atoms with Crippen LogP contribution in [0.3, 0.4) is 0 Å². The molecule has 0 bridgehead atoms. The molecular formula is C12H18N4O. The van der Waals surface area contributed by atoms with Crippen molar-refractivity contribution in [3.63, 3.8) is 0 Å². The Balaban J connectivity index is 2.08. The van der Waals surface area contributed by atoms with Crippen LogP contribution in [0, 0.1) is 6.92 Å². The molecule has 5 nitrogen and oxygen atoms in total. The van der Waals surface area contributed by atoms with E-state index < -0.39 is 0 Å². The van der Waals surface area contributed by atoms with Gasteiger partial charge in [-0.3, -0.25) is 0 Å². The van der Waals surface area contributed by atoms with Crippen molar-refractivity contribution in [3.05, 3.63) is 23.9 Å². The van der Waals surface area contributed by atoms with E-state index in [4.69, 9.17) is 4.74 Å². The summed E-state index contributed by atoms with van der Waals surface area (Å²) in [6.07, 6.45) is 2.90. The van der Waals surface area contributed by atoms with E-state index in [1.807, 2.05) is 25.3 Å². The minimum atomic E-state index is 0.299. The lowest BCUT2D eigenvalue weighted by Gasteiger charge is -2.10. The Morgan fingerprint density at radius 2 is 2.29 bits per heavy atom. The van der Waals surface area contributed by atoms with E-state index in [2.05, 4.69) is 22.3 Å². The Labute approximate surface area is 101 Å². The zero-order chi connectivity index (χ0) is 12.3. The van der Waals surface area contributed by atoms with Crippen LogP contribution in [-0.4, -0.2) is 34.4 Å². The fraction of sp³-hybridized carbons (Fsp3) is 0.500. The molecule has 0 aliphatic rings. The summed E-state index contributed by atoms with van der Waals surface area (Å²) in [5.74, 6) is 0.666. The van der Waals surface area contributed by atoms with Gasteiger partial charge in [0, 0.05) is 26.0 Å². The van der Waals surface area contributed by atoms with Crippen LogP contribution in [0.5, 0.6) is 0 Å². The highest BCUT2D eigenvalue weighted by atomic mass is 16.5. The molecule has 1 atom stereocenters. The quantitative estimate of drug-likeness (QED) is 0.858. The third-order valence-corrected chi connectivity index (χ3v) is 2.61. The van der Waals surface area contributed by atoms with E-state index in [1.165, 1.54) is 5.56 Å². The number of aryl methyl sites for hydroxylation is 1. The Morgan fingerprint density at radius 1 is 1.47 bits per heavy atom. The van der Waals surface area contributed by atoms with E-state index in [1.54, 1.807) is 11.6 Å². The zero-order valence-electron chi connectivity index (χ0n) is 10.5. The highest BCUT2D eigenvalue weighted by Gasteiger charge is 2.07. The number of nitrogens with zero attached hydrogens (tertiary/aromatic N) is 3. The number of methoxy groups -OCH3 is 1. The smallest absolute Gasteiger partial charge is 0.243 e. The molecule has 1 unspecified atom stereocenters. The molecular weight excluding hydrogens is 216 g/mol. The number of aromatic nitrogens is 3. The fourth-order valence-corrected chi connectivity index (χ4v) is 1.63. The molecule has 1 N–H and O–H groups in total. The summed E-state index contributed by atoms with van der Waals surface area (Å²) in [7, 11) is 1.71. The highest BCUT2D eigenvalue weighted by Crippen LogP contribution is 2.08. The van der Waals surface area contributed by atoms with E-state index in [0.717, 1.165) is 18.7 Å². The second-order valence-corrected chi connectivity index (χ2v) is 4.27. The van der Waals surface area contributed by atoms with Crippen LogP contribution >= 0.6 is 0 Å². The second kappa shape index (κ2) is 5.14. The standard InChI is InChI=1S/C12H18N4O/c1-9-4-5-11-14-12(15-16(11)8-9)13-10(2)6-7-17-3/h4-5,8,10H,6-7H2,1-3H3,(H,13,15). The summed E-state index contributed by atoms with van der Waals surface area (Å²) < 4.78 is 6.83. The van der Waals surface area contributed by atoms with Crippen molar-refractivity contribution in [1.82, 2.24) is 14.6 Å². The average molecular weight is 234 g/mol. The Bertz CT molecular complexity index is 494. The first-order chi connectivity index (χ1) is 8.19. The van der Waals surface area contributed by atoms with Crippen LogP contribution in [0.15, 0.2) is 18.3 Å². The van der Waals surface area contributed by atoms with Crippen LogP contribution in [-0.2, 0) is 4.74 Å². The molecule has 0 spiro atoms. The summed E-state index contributed by atoms with van der Waals surface area (Å²) in [5.41, 5.74) is 2.03. The van der Waals surface area contributed by atoms with Crippen molar-refractivity contribution in [3.8, 4) is 0 Å². The fourth-order valence-electron chi connectivity index (χ4n) is 1.63. The third-order valence-electron chi connectivity index (χ3n) is 2.61. The van der Waals surface area contributed by atoms with Gasteiger partial charge in [0.2, 0.25) is 5.95 Å². The largest absolute Gasteiger partial charge is 0.385 e. The lowest BCUT2D eigenvalue weighted by molar-refractivity contribution is 0.191. The zero-order valence-corrected chi connectivity index (χ0v) is 10.5. The number of anilines is 1. The minimum Gasteiger partial charge on any atom is -0.385 e. The first-order valence-corrected chi connectivity index (χ1v) is 5.77. The molecule has 0 aliphatic carbocycles. The molecule has 0 saturated carbocycles. The molecule has 0 fully saturated rings. The van der Waals surface area contributed by atoms with E-state index in [-0.39, 0.29) is 0 Å². The number of hydrogen-bond donors (Lipinski definition) is 1. The summed E-state index contributed by atoms with van der Waals surface area (Å²) in [6, 6.07) is 4.30. The van der Waals surface area contributed by atoms with Crippen LogP contribution in [0.4, 0.5) is 5.95 Å². The van der Waals surface area contributed by atoms with E-state index >= 15 is 0 Å². The number of hydrogen-bond acceptors (Lipinski definition) is 4. The molecule has 0 saturated heterocycles. The van der Waals surface area contributed by atoms with Crippen molar-refractivity contribution in [2.75, 3.05) is 19.0 Å². The molecule has 0 aromatic carbocycles. The van der Waals surface area contributed by atoms with Crippen LogP contribution in [0.1, 0.15) is 18.9 Å². The number of ether oxygens (including phenoxy) is 1. The van der Waals surface area contributed by atoms with Gasteiger partial charge in [-0.05, 0) is 31.9 Å². The normalized spacial score (nSPS) is 12.9. The molecule has 0 amide bonds.